The highest BCUT2D eigenvalue weighted by atomic mass is 16.5. The van der Waals surface area contributed by atoms with Gasteiger partial charge in [-0.05, 0) is 24.7 Å². The molecule has 1 aliphatic rings. The van der Waals surface area contributed by atoms with E-state index in [1.807, 2.05) is 42.3 Å². The number of likely N-dealkylation sites (N-methyl/N-ethyl adjacent to an activating group) is 1. The molecule has 0 aromatic heterocycles. The highest BCUT2D eigenvalue weighted by Crippen LogP contribution is 2.28. The number of benzene rings is 2. The van der Waals surface area contributed by atoms with Crippen molar-refractivity contribution in [3.8, 4) is 5.75 Å². The molecule has 24 heavy (non-hydrogen) atoms. The van der Waals surface area contributed by atoms with E-state index in [1.165, 1.54) is 4.90 Å². The summed E-state index contributed by atoms with van der Waals surface area (Å²) in [5, 5.41) is 0. The molecule has 1 fully saturated rings. The number of anilines is 1. The summed E-state index contributed by atoms with van der Waals surface area (Å²) >= 11 is 0. The van der Waals surface area contributed by atoms with Crippen LogP contribution < -0.4 is 9.64 Å². The third-order valence-electron chi connectivity index (χ3n) is 4.24. The second-order valence-electron chi connectivity index (χ2n) is 5.89. The molecule has 2 aromatic carbocycles. The molecule has 0 spiro atoms. The maximum absolute atomic E-state index is 12.8. The van der Waals surface area contributed by atoms with Gasteiger partial charge in [0.05, 0.1) is 25.3 Å². The molecule has 0 bridgehead atoms. The zero-order valence-corrected chi connectivity index (χ0v) is 13.8. The normalized spacial score (nSPS) is 17.6. The number of nitrogens with zero attached hydrogens (tertiary/aromatic N) is 2. The van der Waals surface area contributed by atoms with Gasteiger partial charge in [0.2, 0.25) is 5.91 Å². The third-order valence-corrected chi connectivity index (χ3v) is 4.24. The van der Waals surface area contributed by atoms with E-state index in [2.05, 4.69) is 0 Å². The molecule has 2 amide bonds. The number of carbonyl (C=O) groups excluding carboxylic acids is 2. The predicted molar refractivity (Wildman–Crippen MR) is 91.8 cm³/mol. The molecule has 1 heterocycles. The van der Waals surface area contributed by atoms with Gasteiger partial charge in [0.15, 0.2) is 0 Å². The van der Waals surface area contributed by atoms with Gasteiger partial charge in [-0.25, -0.2) is 4.90 Å². The lowest BCUT2D eigenvalue weighted by Gasteiger charge is -2.23. The van der Waals surface area contributed by atoms with Crippen LogP contribution in [-0.2, 0) is 16.1 Å². The van der Waals surface area contributed by atoms with Crippen LogP contribution in [0.15, 0.2) is 54.6 Å². The van der Waals surface area contributed by atoms with Gasteiger partial charge in [0.25, 0.3) is 5.91 Å². The Balaban J connectivity index is 1.78. The summed E-state index contributed by atoms with van der Waals surface area (Å²) < 4.78 is 5.18. The number of hydrogen-bond acceptors (Lipinski definition) is 4. The van der Waals surface area contributed by atoms with Gasteiger partial charge in [-0.2, -0.15) is 0 Å². The minimum Gasteiger partial charge on any atom is -0.497 e. The van der Waals surface area contributed by atoms with Crippen molar-refractivity contribution >= 4 is 17.5 Å². The maximum atomic E-state index is 12.8. The zero-order chi connectivity index (χ0) is 17.1. The smallest absolute Gasteiger partial charge is 0.251 e. The van der Waals surface area contributed by atoms with Crippen LogP contribution in [0.1, 0.15) is 12.0 Å². The van der Waals surface area contributed by atoms with E-state index in [4.69, 9.17) is 4.74 Å². The van der Waals surface area contributed by atoms with Crippen molar-refractivity contribution in [2.45, 2.75) is 19.0 Å². The number of methoxy groups -OCH3 is 1. The van der Waals surface area contributed by atoms with E-state index in [9.17, 15) is 9.59 Å². The number of ether oxygens (including phenoxy) is 1. The number of rotatable bonds is 5. The molecular weight excluding hydrogens is 304 g/mol. The summed E-state index contributed by atoms with van der Waals surface area (Å²) in [6, 6.07) is 16.5. The number of amides is 2. The Hall–Kier alpha value is -2.66. The third kappa shape index (κ3) is 3.16. The fraction of sp³-hybridized carbons (Fsp3) is 0.263. The number of hydrogen-bond donors (Lipinski definition) is 0. The first-order chi connectivity index (χ1) is 11.6. The highest BCUT2D eigenvalue weighted by molar-refractivity contribution is 6.22. The summed E-state index contributed by atoms with van der Waals surface area (Å²) in [6.45, 7) is 0.622. The van der Waals surface area contributed by atoms with E-state index in [1.54, 1.807) is 31.4 Å². The van der Waals surface area contributed by atoms with Crippen LogP contribution in [0.2, 0.25) is 0 Å². The van der Waals surface area contributed by atoms with Crippen LogP contribution >= 0.6 is 0 Å². The summed E-state index contributed by atoms with van der Waals surface area (Å²) in [4.78, 5) is 28.3. The van der Waals surface area contributed by atoms with Crippen LogP contribution in [0.5, 0.6) is 5.75 Å². The first kappa shape index (κ1) is 16.2. The molecule has 0 aliphatic carbocycles. The average Bonchev–Trinajstić information content (AvgIpc) is 2.90. The quantitative estimate of drug-likeness (QED) is 0.793. The van der Waals surface area contributed by atoms with E-state index < -0.39 is 6.04 Å². The molecule has 0 unspecified atom stereocenters. The van der Waals surface area contributed by atoms with Crippen molar-refractivity contribution in [3.05, 3.63) is 60.2 Å². The maximum Gasteiger partial charge on any atom is 0.251 e. The van der Waals surface area contributed by atoms with Gasteiger partial charge in [-0.3, -0.25) is 14.5 Å². The van der Waals surface area contributed by atoms with Gasteiger partial charge in [0.1, 0.15) is 5.75 Å². The van der Waals surface area contributed by atoms with Crippen molar-refractivity contribution in [2.75, 3.05) is 19.1 Å². The van der Waals surface area contributed by atoms with Gasteiger partial charge >= 0.3 is 0 Å². The summed E-state index contributed by atoms with van der Waals surface area (Å²) in [7, 11) is 3.43. The van der Waals surface area contributed by atoms with Gasteiger partial charge in [-0.15, -0.1) is 0 Å². The molecule has 1 aliphatic heterocycles. The zero-order valence-electron chi connectivity index (χ0n) is 13.8. The van der Waals surface area contributed by atoms with Crippen molar-refractivity contribution in [3.63, 3.8) is 0 Å². The van der Waals surface area contributed by atoms with Gasteiger partial charge in [-0.1, -0.05) is 36.4 Å². The van der Waals surface area contributed by atoms with E-state index in [0.717, 1.165) is 5.56 Å². The minimum absolute atomic E-state index is 0.182. The Morgan fingerprint density at radius 1 is 1.12 bits per heavy atom. The molecule has 5 nitrogen and oxygen atoms in total. The molecule has 0 radical (unpaired) electrons. The molecule has 0 saturated carbocycles. The molecule has 3 rings (SSSR count). The van der Waals surface area contributed by atoms with Crippen LogP contribution in [0.4, 0.5) is 5.69 Å². The van der Waals surface area contributed by atoms with Crippen molar-refractivity contribution in [2.24, 2.45) is 0 Å². The average molecular weight is 324 g/mol. The van der Waals surface area contributed by atoms with E-state index in [-0.39, 0.29) is 18.2 Å². The van der Waals surface area contributed by atoms with Crippen LogP contribution in [0.3, 0.4) is 0 Å². The lowest BCUT2D eigenvalue weighted by atomic mass is 10.1. The Morgan fingerprint density at radius 3 is 2.58 bits per heavy atom. The standard InChI is InChI=1S/C19H20N2O3/c1-20(13-14-7-4-3-5-8-14)17-12-18(22)21(19(17)23)15-9-6-10-16(11-15)24-2/h3-11,17H,12-13H2,1-2H3/t17-/m1/s1. The van der Waals surface area contributed by atoms with Crippen LogP contribution in [0, 0.1) is 0 Å². The molecule has 1 atom stereocenters. The predicted octanol–water partition coefficient (Wildman–Crippen LogP) is 2.46. The van der Waals surface area contributed by atoms with Crippen molar-refractivity contribution < 1.29 is 14.3 Å². The second kappa shape index (κ2) is 6.84. The van der Waals surface area contributed by atoms with E-state index in [0.29, 0.717) is 18.0 Å². The molecule has 0 N–H and O–H groups in total. The monoisotopic (exact) mass is 324 g/mol. The summed E-state index contributed by atoms with van der Waals surface area (Å²) in [5.41, 5.74) is 1.67. The van der Waals surface area contributed by atoms with Crippen LogP contribution in [-0.4, -0.2) is 36.9 Å². The van der Waals surface area contributed by atoms with Gasteiger partial charge < -0.3 is 4.74 Å². The molecule has 2 aromatic rings. The van der Waals surface area contributed by atoms with Gasteiger partial charge in [0, 0.05) is 12.6 Å². The van der Waals surface area contributed by atoms with E-state index >= 15 is 0 Å². The first-order valence-electron chi connectivity index (χ1n) is 7.85. The Kier molecular flexibility index (Phi) is 4.62. The number of carbonyl (C=O) groups is 2. The van der Waals surface area contributed by atoms with Crippen LogP contribution in [0.25, 0.3) is 0 Å². The summed E-state index contributed by atoms with van der Waals surface area (Å²) in [6.07, 6.45) is 0.194. The Morgan fingerprint density at radius 2 is 1.88 bits per heavy atom. The SMILES string of the molecule is COc1cccc(N2C(=O)C[C@@H](N(C)Cc3ccccc3)C2=O)c1. The molecule has 5 heteroatoms. The largest absolute Gasteiger partial charge is 0.497 e. The Labute approximate surface area is 141 Å². The minimum atomic E-state index is -0.441. The summed E-state index contributed by atoms with van der Waals surface area (Å²) in [5.74, 6) is 0.249. The highest BCUT2D eigenvalue weighted by Gasteiger charge is 2.41. The second-order valence-corrected chi connectivity index (χ2v) is 5.89. The first-order valence-corrected chi connectivity index (χ1v) is 7.85. The lowest BCUT2D eigenvalue weighted by molar-refractivity contribution is -0.122. The fourth-order valence-corrected chi connectivity index (χ4v) is 2.96. The Bertz CT molecular complexity index is 745. The van der Waals surface area contributed by atoms with Crippen molar-refractivity contribution in [1.82, 2.24) is 4.90 Å². The molecule has 124 valence electrons. The van der Waals surface area contributed by atoms with Crippen molar-refractivity contribution in [1.29, 1.82) is 0 Å². The fourth-order valence-electron chi connectivity index (χ4n) is 2.96. The molecule has 1 saturated heterocycles. The molecular formula is C19H20N2O3. The topological polar surface area (TPSA) is 49.9 Å². The number of imide groups is 1. The lowest BCUT2D eigenvalue weighted by Crippen LogP contribution is -2.39.